The number of anilines is 2. The summed E-state index contributed by atoms with van der Waals surface area (Å²) < 4.78 is 40.8. The third-order valence-electron chi connectivity index (χ3n) is 7.32. The Labute approximate surface area is 312 Å². The highest BCUT2D eigenvalue weighted by molar-refractivity contribution is 7.85. The van der Waals surface area contributed by atoms with Gasteiger partial charge in [-0.15, -0.1) is 0 Å². The number of nitrogens with one attached hydrogen (secondary N) is 5. The Kier molecular flexibility index (Phi) is 14.0. The second kappa shape index (κ2) is 18.8. The highest BCUT2D eigenvalue weighted by Crippen LogP contribution is 2.21. The molecule has 3 aromatic carbocycles. The molecule has 0 saturated heterocycles. The van der Waals surface area contributed by atoms with E-state index in [-0.39, 0.29) is 60.7 Å². The SMILES string of the molecule is C=CC(=O)OCCCNC(=O)c1cc(NC(=O)c2ccc(N=NC(C(C)=O)C(=O)Nc3ccc4[nH]c(=O)[nH]c4c3)cc2)cc(C(=O)OCCCS(=O)(=O)O)c1. The van der Waals surface area contributed by atoms with E-state index >= 15 is 0 Å². The number of hydrogen-bond donors (Lipinski definition) is 6. The van der Waals surface area contributed by atoms with Crippen LogP contribution in [0.5, 0.6) is 0 Å². The van der Waals surface area contributed by atoms with Crippen molar-refractivity contribution in [2.75, 3.05) is 36.1 Å². The van der Waals surface area contributed by atoms with Crippen LogP contribution in [-0.4, -0.2) is 89.9 Å². The Hall–Kier alpha value is -6.80. The van der Waals surface area contributed by atoms with Gasteiger partial charge in [0.05, 0.1) is 41.3 Å². The molecule has 0 radical (unpaired) electrons. The fraction of sp³-hybridized carbons (Fsp3) is 0.229. The van der Waals surface area contributed by atoms with Gasteiger partial charge in [0.25, 0.3) is 27.8 Å². The van der Waals surface area contributed by atoms with Crippen molar-refractivity contribution in [3.8, 4) is 0 Å². The van der Waals surface area contributed by atoms with E-state index in [1.165, 1.54) is 61.5 Å². The molecule has 20 heteroatoms. The molecule has 0 aliphatic rings. The summed E-state index contributed by atoms with van der Waals surface area (Å²) in [4.78, 5) is 91.9. The van der Waals surface area contributed by atoms with Crippen LogP contribution in [0.2, 0.25) is 0 Å². The van der Waals surface area contributed by atoms with Crippen LogP contribution < -0.4 is 21.6 Å². The fourth-order valence-corrected chi connectivity index (χ4v) is 5.18. The number of H-pyrrole nitrogens is 2. The van der Waals surface area contributed by atoms with Crippen LogP contribution in [0, 0.1) is 0 Å². The molecule has 0 aliphatic carbocycles. The van der Waals surface area contributed by atoms with E-state index in [2.05, 4.69) is 42.7 Å². The minimum atomic E-state index is -4.28. The van der Waals surface area contributed by atoms with Gasteiger partial charge in [-0.25, -0.2) is 14.4 Å². The molecule has 19 nitrogen and oxygen atoms in total. The van der Waals surface area contributed by atoms with Crippen LogP contribution in [0.25, 0.3) is 11.0 Å². The number of imidazole rings is 1. The van der Waals surface area contributed by atoms with E-state index < -0.39 is 63.0 Å². The summed E-state index contributed by atoms with van der Waals surface area (Å²) in [7, 11) is -4.28. The number of azo groups is 1. The number of rotatable bonds is 18. The lowest BCUT2D eigenvalue weighted by atomic mass is 10.1. The predicted molar refractivity (Wildman–Crippen MR) is 197 cm³/mol. The first-order valence-corrected chi connectivity index (χ1v) is 17.9. The minimum absolute atomic E-state index is 0.00589. The lowest BCUT2D eigenvalue weighted by Crippen LogP contribution is -2.31. The molecule has 6 N–H and O–H groups in total. The number of fused-ring (bicyclic) bond motifs is 1. The van der Waals surface area contributed by atoms with Crippen molar-refractivity contribution in [1.82, 2.24) is 15.3 Å². The first-order valence-electron chi connectivity index (χ1n) is 16.3. The molecule has 3 amide bonds. The van der Waals surface area contributed by atoms with Crippen LogP contribution >= 0.6 is 0 Å². The van der Waals surface area contributed by atoms with Crippen molar-refractivity contribution in [1.29, 1.82) is 0 Å². The summed E-state index contributed by atoms with van der Waals surface area (Å²) in [6.07, 6.45) is 1.06. The second-order valence-corrected chi connectivity index (χ2v) is 13.2. The molecular weight excluding hydrogens is 742 g/mol. The van der Waals surface area contributed by atoms with Gasteiger partial charge in [-0.1, -0.05) is 6.58 Å². The number of nitrogens with zero attached hydrogens (tertiary/aromatic N) is 2. The van der Waals surface area contributed by atoms with Crippen molar-refractivity contribution in [3.05, 3.63) is 100 Å². The molecule has 1 aromatic heterocycles. The topological polar surface area (TPSA) is 285 Å². The van der Waals surface area contributed by atoms with E-state index in [0.29, 0.717) is 16.7 Å². The van der Waals surface area contributed by atoms with Crippen molar-refractivity contribution in [2.45, 2.75) is 25.8 Å². The molecule has 1 heterocycles. The van der Waals surface area contributed by atoms with Gasteiger partial charge < -0.3 is 35.4 Å². The first-order chi connectivity index (χ1) is 26.1. The number of benzene rings is 3. The molecular formula is C35H35N7O12S. The van der Waals surface area contributed by atoms with Gasteiger partial charge in [0.1, 0.15) is 0 Å². The number of esters is 2. The number of aromatic nitrogens is 2. The average Bonchev–Trinajstić information content (AvgIpc) is 3.51. The van der Waals surface area contributed by atoms with Gasteiger partial charge in [0.2, 0.25) is 6.04 Å². The van der Waals surface area contributed by atoms with Gasteiger partial charge >= 0.3 is 17.6 Å². The molecule has 4 rings (SSSR count). The van der Waals surface area contributed by atoms with Gasteiger partial charge in [0, 0.05) is 35.1 Å². The largest absolute Gasteiger partial charge is 0.462 e. The van der Waals surface area contributed by atoms with E-state index in [9.17, 15) is 42.0 Å². The third-order valence-corrected chi connectivity index (χ3v) is 8.13. The maximum Gasteiger partial charge on any atom is 0.338 e. The zero-order valence-corrected chi connectivity index (χ0v) is 29.9. The smallest absolute Gasteiger partial charge is 0.338 e. The Morgan fingerprint density at radius 1 is 0.836 bits per heavy atom. The molecule has 0 bridgehead atoms. The number of amides is 3. The van der Waals surface area contributed by atoms with E-state index in [0.717, 1.165) is 6.08 Å². The van der Waals surface area contributed by atoms with Crippen LogP contribution in [0.3, 0.4) is 0 Å². The summed E-state index contributed by atoms with van der Waals surface area (Å²) in [5.74, 6) is -4.89. The Bertz CT molecular complexity index is 2320. The Balaban J connectivity index is 1.44. The number of hydrogen-bond acceptors (Lipinski definition) is 13. The van der Waals surface area contributed by atoms with E-state index in [4.69, 9.17) is 14.0 Å². The van der Waals surface area contributed by atoms with Crippen LogP contribution in [0.4, 0.5) is 17.1 Å². The van der Waals surface area contributed by atoms with Crippen molar-refractivity contribution >= 4 is 73.7 Å². The average molecular weight is 778 g/mol. The summed E-state index contributed by atoms with van der Waals surface area (Å²) in [6, 6.07) is 12.4. The molecule has 0 aliphatic heterocycles. The summed E-state index contributed by atoms with van der Waals surface area (Å²) in [6.45, 7) is 4.18. The number of ketones is 1. The first kappa shape index (κ1) is 41.0. The zero-order valence-electron chi connectivity index (χ0n) is 29.1. The normalized spacial score (nSPS) is 11.7. The molecule has 0 spiro atoms. The maximum atomic E-state index is 13.2. The number of Topliss-reactive ketones (excluding diaryl/α,β-unsaturated/α-hetero) is 1. The maximum absolute atomic E-state index is 13.2. The standard InChI is InChI=1S/C35H35N7O12S/c1-3-29(44)53-13-4-12-36-31(45)22-16-23(34(48)54-14-5-15-55(50,51)52)18-26(17-22)38-32(46)21-6-8-24(9-7-21)41-42-30(20(2)43)33(47)37-25-10-11-27-28(19-25)40-35(49)39-27/h3,6-11,16-19,30H,1,4-5,12-15H2,2H3,(H,36,45)(H,37,47)(H,38,46)(H2,39,40,49)(H,50,51,52). The summed E-state index contributed by atoms with van der Waals surface area (Å²) in [5, 5.41) is 15.6. The number of carbonyl (C=O) groups is 6. The number of aromatic amines is 2. The van der Waals surface area contributed by atoms with Crippen molar-refractivity contribution < 1.29 is 51.2 Å². The van der Waals surface area contributed by atoms with Crippen LogP contribution in [-0.2, 0) is 34.0 Å². The molecule has 0 saturated carbocycles. The Morgan fingerprint density at radius 2 is 1.53 bits per heavy atom. The monoisotopic (exact) mass is 777 g/mol. The number of carbonyl (C=O) groups excluding carboxylic acids is 6. The summed E-state index contributed by atoms with van der Waals surface area (Å²) >= 11 is 0. The van der Waals surface area contributed by atoms with Gasteiger partial charge in [0.15, 0.2) is 5.78 Å². The van der Waals surface area contributed by atoms with E-state index in [1.54, 1.807) is 6.07 Å². The van der Waals surface area contributed by atoms with E-state index in [1.807, 2.05) is 0 Å². The third kappa shape index (κ3) is 12.7. The Morgan fingerprint density at radius 3 is 2.22 bits per heavy atom. The number of ether oxygens (including phenoxy) is 2. The lowest BCUT2D eigenvalue weighted by Gasteiger charge is -2.12. The second-order valence-electron chi connectivity index (χ2n) is 11.6. The molecule has 0 fully saturated rings. The molecule has 1 unspecified atom stereocenters. The van der Waals surface area contributed by atoms with Crippen molar-refractivity contribution in [2.24, 2.45) is 10.2 Å². The van der Waals surface area contributed by atoms with Gasteiger partial charge in [-0.3, -0.25) is 23.7 Å². The lowest BCUT2D eigenvalue weighted by molar-refractivity contribution is -0.137. The highest BCUT2D eigenvalue weighted by atomic mass is 32.2. The highest BCUT2D eigenvalue weighted by Gasteiger charge is 2.23. The van der Waals surface area contributed by atoms with Crippen LogP contribution in [0.1, 0.15) is 50.8 Å². The minimum Gasteiger partial charge on any atom is -0.462 e. The predicted octanol–water partition coefficient (Wildman–Crippen LogP) is 3.07. The molecule has 288 valence electrons. The molecule has 1 atom stereocenters. The van der Waals surface area contributed by atoms with Gasteiger partial charge in [-0.05, 0) is 80.4 Å². The van der Waals surface area contributed by atoms with Gasteiger partial charge in [-0.2, -0.15) is 18.6 Å². The van der Waals surface area contributed by atoms with Crippen molar-refractivity contribution in [3.63, 3.8) is 0 Å². The summed E-state index contributed by atoms with van der Waals surface area (Å²) in [5.41, 5.74) is 0.958. The quantitative estimate of drug-likeness (QED) is 0.0212. The molecule has 4 aromatic rings. The molecule has 55 heavy (non-hydrogen) atoms. The fourth-order valence-electron chi connectivity index (χ4n) is 4.69. The zero-order chi connectivity index (χ0) is 40.1. The van der Waals surface area contributed by atoms with Crippen LogP contribution in [0.15, 0.2) is 88.3 Å².